The second kappa shape index (κ2) is 9.93. The SMILES string of the molecule is Cc1ccc(S(C)(=O)=NCc2ccc(C3=NOC(c4cc(Cl)c(F)c(Cl)c4)(C(F)(F)F)C3)cc2C)cc1. The highest BCUT2D eigenvalue weighted by Gasteiger charge is 2.62. The average molecular weight is 573 g/mol. The fourth-order valence-corrected chi connectivity index (χ4v) is 5.62. The van der Waals surface area contributed by atoms with Gasteiger partial charge in [-0.2, -0.15) is 13.2 Å². The van der Waals surface area contributed by atoms with Crippen LogP contribution in [0.15, 0.2) is 69.0 Å². The molecule has 1 aliphatic rings. The second-order valence-electron chi connectivity index (χ2n) is 8.93. The van der Waals surface area contributed by atoms with Gasteiger partial charge in [-0.1, -0.05) is 58.2 Å². The number of oxime groups is 1. The van der Waals surface area contributed by atoms with E-state index in [1.807, 2.05) is 19.1 Å². The molecule has 0 saturated carbocycles. The predicted molar refractivity (Wildman–Crippen MR) is 137 cm³/mol. The van der Waals surface area contributed by atoms with Gasteiger partial charge in [-0.3, -0.25) is 0 Å². The van der Waals surface area contributed by atoms with E-state index < -0.39 is 49.4 Å². The van der Waals surface area contributed by atoms with Crippen LogP contribution in [-0.2, 0) is 26.7 Å². The van der Waals surface area contributed by atoms with Crippen molar-refractivity contribution in [1.82, 2.24) is 0 Å². The van der Waals surface area contributed by atoms with Crippen LogP contribution in [0.25, 0.3) is 0 Å². The summed E-state index contributed by atoms with van der Waals surface area (Å²) in [5, 5.41) is 2.63. The van der Waals surface area contributed by atoms with Gasteiger partial charge in [0.2, 0.25) is 0 Å². The normalized spacial score (nSPS) is 19.2. The van der Waals surface area contributed by atoms with E-state index in [1.54, 1.807) is 43.5 Å². The van der Waals surface area contributed by atoms with Gasteiger partial charge in [0, 0.05) is 23.1 Å². The molecule has 0 amide bonds. The number of benzene rings is 3. The molecule has 0 spiro atoms. The predicted octanol–water partition coefficient (Wildman–Crippen LogP) is 7.99. The molecule has 1 aliphatic heterocycles. The van der Waals surface area contributed by atoms with E-state index in [0.717, 1.165) is 28.8 Å². The Balaban J connectivity index is 1.61. The minimum absolute atomic E-state index is 0.0550. The van der Waals surface area contributed by atoms with Gasteiger partial charge in [-0.25, -0.2) is 13.0 Å². The number of halogens is 6. The fourth-order valence-electron chi connectivity index (χ4n) is 3.96. The quantitative estimate of drug-likeness (QED) is 0.230. The molecule has 0 bridgehead atoms. The first-order valence-electron chi connectivity index (χ1n) is 11.0. The summed E-state index contributed by atoms with van der Waals surface area (Å²) in [5.41, 5.74) is -0.292. The van der Waals surface area contributed by atoms with E-state index >= 15 is 0 Å². The first kappa shape index (κ1) is 27.4. The molecular formula is C26H22Cl2F4N2O2S. The van der Waals surface area contributed by atoms with Crippen molar-refractivity contribution in [2.75, 3.05) is 6.26 Å². The Hall–Kier alpha value is -2.62. The van der Waals surface area contributed by atoms with Crippen molar-refractivity contribution < 1.29 is 26.6 Å². The van der Waals surface area contributed by atoms with E-state index in [-0.39, 0.29) is 12.3 Å². The molecule has 37 heavy (non-hydrogen) atoms. The van der Waals surface area contributed by atoms with Crippen molar-refractivity contribution in [3.8, 4) is 0 Å². The number of aryl methyl sites for hydroxylation is 2. The van der Waals surface area contributed by atoms with Crippen molar-refractivity contribution in [1.29, 1.82) is 0 Å². The lowest BCUT2D eigenvalue weighted by atomic mass is 9.86. The summed E-state index contributed by atoms with van der Waals surface area (Å²) in [4.78, 5) is 5.61. The van der Waals surface area contributed by atoms with Gasteiger partial charge in [0.1, 0.15) is 0 Å². The lowest BCUT2D eigenvalue weighted by molar-refractivity contribution is -0.275. The lowest BCUT2D eigenvalue weighted by Crippen LogP contribution is -2.42. The van der Waals surface area contributed by atoms with E-state index in [9.17, 15) is 21.8 Å². The van der Waals surface area contributed by atoms with Gasteiger partial charge in [0.15, 0.2) is 5.82 Å². The summed E-state index contributed by atoms with van der Waals surface area (Å²) in [6, 6.07) is 14.0. The largest absolute Gasteiger partial charge is 0.435 e. The number of hydrogen-bond acceptors (Lipinski definition) is 4. The van der Waals surface area contributed by atoms with Crippen LogP contribution >= 0.6 is 23.2 Å². The van der Waals surface area contributed by atoms with E-state index in [4.69, 9.17) is 28.0 Å². The smallest absolute Gasteiger partial charge is 0.374 e. The van der Waals surface area contributed by atoms with Crippen LogP contribution in [0.1, 0.15) is 34.2 Å². The Labute approximate surface area is 222 Å². The third-order valence-corrected chi connectivity index (χ3v) is 8.57. The minimum Gasteiger partial charge on any atom is -0.374 e. The Morgan fingerprint density at radius 2 is 1.68 bits per heavy atom. The molecule has 0 saturated heterocycles. The zero-order valence-corrected chi connectivity index (χ0v) is 22.3. The van der Waals surface area contributed by atoms with Gasteiger partial charge in [-0.05, 0) is 60.9 Å². The summed E-state index contributed by atoms with van der Waals surface area (Å²) in [6.07, 6.45) is -3.99. The summed E-state index contributed by atoms with van der Waals surface area (Å²) in [6.45, 7) is 3.88. The van der Waals surface area contributed by atoms with Crippen LogP contribution in [0.3, 0.4) is 0 Å². The maximum Gasteiger partial charge on any atom is 0.435 e. The summed E-state index contributed by atoms with van der Waals surface area (Å²) >= 11 is 11.5. The summed E-state index contributed by atoms with van der Waals surface area (Å²) in [5.74, 6) is -1.02. The van der Waals surface area contributed by atoms with Gasteiger partial charge in [0.05, 0.1) is 32.0 Å². The molecule has 11 heteroatoms. The number of alkyl halides is 3. The molecule has 2 atom stereocenters. The fraction of sp³-hybridized carbons (Fsp3) is 0.269. The van der Waals surface area contributed by atoms with Crippen molar-refractivity contribution in [3.63, 3.8) is 0 Å². The Bertz CT molecular complexity index is 1490. The first-order chi connectivity index (χ1) is 17.2. The highest BCUT2D eigenvalue weighted by atomic mass is 35.5. The van der Waals surface area contributed by atoms with Crippen LogP contribution < -0.4 is 0 Å². The van der Waals surface area contributed by atoms with Gasteiger partial charge in [-0.15, -0.1) is 0 Å². The molecule has 0 aromatic heterocycles. The van der Waals surface area contributed by atoms with Crippen LogP contribution in [0.5, 0.6) is 0 Å². The zero-order valence-electron chi connectivity index (χ0n) is 20.0. The molecule has 196 valence electrons. The average Bonchev–Trinajstić information content (AvgIpc) is 3.29. The molecule has 4 rings (SSSR count). The maximum atomic E-state index is 14.3. The van der Waals surface area contributed by atoms with Gasteiger partial charge >= 0.3 is 6.18 Å². The molecule has 3 aromatic rings. The Morgan fingerprint density at radius 1 is 1.05 bits per heavy atom. The molecule has 0 fully saturated rings. The molecule has 3 aromatic carbocycles. The molecule has 1 heterocycles. The molecule has 0 radical (unpaired) electrons. The van der Waals surface area contributed by atoms with Crippen LogP contribution in [-0.4, -0.2) is 22.4 Å². The third kappa shape index (κ3) is 5.35. The third-order valence-electron chi connectivity index (χ3n) is 6.25. The molecule has 0 N–H and O–H groups in total. The zero-order chi connectivity index (χ0) is 27.2. The van der Waals surface area contributed by atoms with Crippen molar-refractivity contribution >= 4 is 38.6 Å². The molecule has 4 nitrogen and oxygen atoms in total. The van der Waals surface area contributed by atoms with Gasteiger partial charge in [0.25, 0.3) is 5.60 Å². The summed E-state index contributed by atoms with van der Waals surface area (Å²) in [7, 11) is -2.63. The highest BCUT2D eigenvalue weighted by Crippen LogP contribution is 2.50. The molecule has 2 unspecified atom stereocenters. The van der Waals surface area contributed by atoms with E-state index in [0.29, 0.717) is 10.5 Å². The van der Waals surface area contributed by atoms with E-state index in [2.05, 4.69) is 9.52 Å². The van der Waals surface area contributed by atoms with Gasteiger partial charge < -0.3 is 4.84 Å². The van der Waals surface area contributed by atoms with Crippen LogP contribution in [0, 0.1) is 19.7 Å². The van der Waals surface area contributed by atoms with Crippen molar-refractivity contribution in [3.05, 3.63) is 98.3 Å². The first-order valence-corrected chi connectivity index (χ1v) is 13.7. The minimum atomic E-state index is -4.89. The Morgan fingerprint density at radius 3 is 2.24 bits per heavy atom. The molecular weight excluding hydrogens is 551 g/mol. The van der Waals surface area contributed by atoms with Crippen LogP contribution in [0.4, 0.5) is 17.6 Å². The number of rotatable bonds is 5. The monoisotopic (exact) mass is 572 g/mol. The van der Waals surface area contributed by atoms with Crippen molar-refractivity contribution in [2.24, 2.45) is 9.52 Å². The lowest BCUT2D eigenvalue weighted by Gasteiger charge is -2.29. The molecule has 0 aliphatic carbocycles. The summed E-state index contributed by atoms with van der Waals surface area (Å²) < 4.78 is 74.1. The van der Waals surface area contributed by atoms with Crippen molar-refractivity contribution in [2.45, 2.75) is 43.5 Å². The second-order valence-corrected chi connectivity index (χ2v) is 12.1. The van der Waals surface area contributed by atoms with Crippen LogP contribution in [0.2, 0.25) is 10.0 Å². The number of hydrogen-bond donors (Lipinski definition) is 0. The topological polar surface area (TPSA) is 51.0 Å². The van der Waals surface area contributed by atoms with E-state index in [1.165, 1.54) is 0 Å². The standard InChI is InChI=1S/C26H22Cl2F4N2O2S/c1-15-4-8-20(9-5-15)37(3,35)33-14-18-7-6-17(10-16(18)2)23-13-25(36-34-23,26(30,31)32)19-11-21(27)24(29)22(28)12-19/h4-12H,13-14H2,1-3H3. The maximum absolute atomic E-state index is 14.3. The highest BCUT2D eigenvalue weighted by molar-refractivity contribution is 7.93. The Kier molecular flexibility index (Phi) is 7.35. The number of nitrogens with zero attached hydrogens (tertiary/aromatic N) is 2.